The average molecular weight is 330 g/mol. The van der Waals surface area contributed by atoms with E-state index in [1.54, 1.807) is 24.3 Å². The van der Waals surface area contributed by atoms with Crippen LogP contribution in [0.3, 0.4) is 0 Å². The maximum absolute atomic E-state index is 11.8. The number of halogens is 1. The quantitative estimate of drug-likeness (QED) is 0.659. The molecule has 0 spiro atoms. The van der Waals surface area contributed by atoms with Crippen molar-refractivity contribution >= 4 is 27.7 Å². The SMILES string of the molecule is C[C@H](O)[C@H](NCCC(=O)c1ccc(Br)cc1)C(=O)O. The molecule has 0 amide bonds. The van der Waals surface area contributed by atoms with E-state index in [4.69, 9.17) is 5.11 Å². The summed E-state index contributed by atoms with van der Waals surface area (Å²) in [4.78, 5) is 22.6. The van der Waals surface area contributed by atoms with Gasteiger partial charge in [-0.25, -0.2) is 0 Å². The lowest BCUT2D eigenvalue weighted by molar-refractivity contribution is -0.142. The smallest absolute Gasteiger partial charge is 0.323 e. The minimum absolute atomic E-state index is 0.0743. The molecule has 0 aliphatic heterocycles. The van der Waals surface area contributed by atoms with Gasteiger partial charge in [0, 0.05) is 23.0 Å². The zero-order valence-corrected chi connectivity index (χ0v) is 12.1. The van der Waals surface area contributed by atoms with Crippen LogP contribution in [-0.4, -0.2) is 40.7 Å². The highest BCUT2D eigenvalue weighted by molar-refractivity contribution is 9.10. The Labute approximate surface area is 119 Å². The minimum Gasteiger partial charge on any atom is -0.480 e. The standard InChI is InChI=1S/C13H16BrNO4/c1-8(16)12(13(18)19)15-7-6-11(17)9-2-4-10(14)5-3-9/h2-5,8,12,15-16H,6-7H2,1H3,(H,18,19)/t8-,12-/m0/s1. The number of hydrogen-bond acceptors (Lipinski definition) is 4. The van der Waals surface area contributed by atoms with E-state index in [9.17, 15) is 14.7 Å². The van der Waals surface area contributed by atoms with Crippen LogP contribution in [0.25, 0.3) is 0 Å². The number of benzene rings is 1. The highest BCUT2D eigenvalue weighted by Gasteiger charge is 2.22. The predicted molar refractivity (Wildman–Crippen MR) is 74.2 cm³/mol. The fourth-order valence-corrected chi connectivity index (χ4v) is 1.85. The number of carboxylic acid groups (broad SMARTS) is 1. The van der Waals surface area contributed by atoms with E-state index in [2.05, 4.69) is 21.2 Å². The molecule has 1 aromatic carbocycles. The maximum Gasteiger partial charge on any atom is 0.323 e. The summed E-state index contributed by atoms with van der Waals surface area (Å²) in [5.41, 5.74) is 0.578. The van der Waals surface area contributed by atoms with Gasteiger partial charge in [0.05, 0.1) is 6.10 Å². The third-order valence-electron chi connectivity index (χ3n) is 2.63. The van der Waals surface area contributed by atoms with Gasteiger partial charge in [0.25, 0.3) is 0 Å². The average Bonchev–Trinajstić information content (AvgIpc) is 2.34. The molecule has 0 aliphatic carbocycles. The molecule has 19 heavy (non-hydrogen) atoms. The lowest BCUT2D eigenvalue weighted by Gasteiger charge is -2.16. The summed E-state index contributed by atoms with van der Waals surface area (Å²) in [6, 6.07) is 5.90. The summed E-state index contributed by atoms with van der Waals surface area (Å²) in [6.07, 6.45) is -0.835. The second-order valence-electron chi connectivity index (χ2n) is 4.19. The number of aliphatic hydroxyl groups excluding tert-OH is 1. The van der Waals surface area contributed by atoms with Crippen molar-refractivity contribution in [3.05, 3.63) is 34.3 Å². The molecule has 0 aromatic heterocycles. The third-order valence-corrected chi connectivity index (χ3v) is 3.16. The van der Waals surface area contributed by atoms with Gasteiger partial charge < -0.3 is 15.5 Å². The number of carbonyl (C=O) groups excluding carboxylic acids is 1. The van der Waals surface area contributed by atoms with Gasteiger partial charge in [-0.2, -0.15) is 0 Å². The van der Waals surface area contributed by atoms with Crippen LogP contribution in [0.5, 0.6) is 0 Å². The Hall–Kier alpha value is -1.24. The van der Waals surface area contributed by atoms with Gasteiger partial charge in [0.2, 0.25) is 0 Å². The molecule has 0 unspecified atom stereocenters. The van der Waals surface area contributed by atoms with Crippen molar-refractivity contribution in [1.82, 2.24) is 5.32 Å². The lowest BCUT2D eigenvalue weighted by atomic mass is 10.1. The monoisotopic (exact) mass is 329 g/mol. The van der Waals surface area contributed by atoms with Crippen LogP contribution in [-0.2, 0) is 4.79 Å². The van der Waals surface area contributed by atoms with Gasteiger partial charge in [-0.15, -0.1) is 0 Å². The Morgan fingerprint density at radius 1 is 1.32 bits per heavy atom. The van der Waals surface area contributed by atoms with Crippen LogP contribution in [0.4, 0.5) is 0 Å². The van der Waals surface area contributed by atoms with Crippen molar-refractivity contribution in [3.63, 3.8) is 0 Å². The highest BCUT2D eigenvalue weighted by atomic mass is 79.9. The van der Waals surface area contributed by atoms with E-state index >= 15 is 0 Å². The molecule has 6 heteroatoms. The Kier molecular flexibility index (Phi) is 6.14. The van der Waals surface area contributed by atoms with Crippen molar-refractivity contribution in [1.29, 1.82) is 0 Å². The molecular formula is C13H16BrNO4. The summed E-state index contributed by atoms with van der Waals surface area (Å²) in [7, 11) is 0. The van der Waals surface area contributed by atoms with Crippen molar-refractivity contribution in [2.75, 3.05) is 6.54 Å². The van der Waals surface area contributed by atoms with Crippen molar-refractivity contribution < 1.29 is 19.8 Å². The summed E-state index contributed by atoms with van der Waals surface area (Å²) < 4.78 is 0.891. The fourth-order valence-electron chi connectivity index (χ4n) is 1.59. The Morgan fingerprint density at radius 2 is 1.89 bits per heavy atom. The summed E-state index contributed by atoms with van der Waals surface area (Å²) in [5, 5.41) is 20.8. The molecule has 0 heterocycles. The molecule has 1 rings (SSSR count). The summed E-state index contributed by atoms with van der Waals surface area (Å²) >= 11 is 3.28. The number of carboxylic acids is 1. The molecule has 0 fully saturated rings. The second kappa shape index (κ2) is 7.37. The van der Waals surface area contributed by atoms with Gasteiger partial charge >= 0.3 is 5.97 Å². The van der Waals surface area contributed by atoms with Gasteiger partial charge in [-0.1, -0.05) is 28.1 Å². The van der Waals surface area contributed by atoms with E-state index in [1.807, 2.05) is 0 Å². The van der Waals surface area contributed by atoms with E-state index in [1.165, 1.54) is 6.92 Å². The summed E-state index contributed by atoms with van der Waals surface area (Å²) in [6.45, 7) is 1.60. The molecular weight excluding hydrogens is 314 g/mol. The number of aliphatic hydroxyl groups is 1. The first-order valence-corrected chi connectivity index (χ1v) is 6.64. The number of ketones is 1. The largest absolute Gasteiger partial charge is 0.480 e. The molecule has 5 nitrogen and oxygen atoms in total. The molecule has 0 aliphatic rings. The lowest BCUT2D eigenvalue weighted by Crippen LogP contribution is -2.45. The number of Topliss-reactive ketones (excluding diaryl/α,β-unsaturated/α-hetero) is 1. The second-order valence-corrected chi connectivity index (χ2v) is 5.11. The van der Waals surface area contributed by atoms with Crippen LogP contribution in [0.15, 0.2) is 28.7 Å². The van der Waals surface area contributed by atoms with Gasteiger partial charge in [-0.3, -0.25) is 9.59 Å². The van der Waals surface area contributed by atoms with E-state index in [0.717, 1.165) is 4.47 Å². The van der Waals surface area contributed by atoms with Crippen molar-refractivity contribution in [3.8, 4) is 0 Å². The van der Waals surface area contributed by atoms with Gasteiger partial charge in [0.1, 0.15) is 6.04 Å². The predicted octanol–water partition coefficient (Wildman–Crippen LogP) is 1.45. The highest BCUT2D eigenvalue weighted by Crippen LogP contribution is 2.11. The minimum atomic E-state index is -1.13. The number of rotatable bonds is 7. The number of hydrogen-bond donors (Lipinski definition) is 3. The molecule has 0 saturated carbocycles. The normalized spacial score (nSPS) is 13.8. The van der Waals surface area contributed by atoms with Gasteiger partial charge in [0.15, 0.2) is 5.78 Å². The zero-order chi connectivity index (χ0) is 14.4. The number of carbonyl (C=O) groups is 2. The topological polar surface area (TPSA) is 86.6 Å². The molecule has 0 saturated heterocycles. The van der Waals surface area contributed by atoms with E-state index in [0.29, 0.717) is 5.56 Å². The zero-order valence-electron chi connectivity index (χ0n) is 10.5. The van der Waals surface area contributed by atoms with Crippen LogP contribution in [0.2, 0.25) is 0 Å². The molecule has 0 bridgehead atoms. The van der Waals surface area contributed by atoms with Crippen molar-refractivity contribution in [2.24, 2.45) is 0 Å². The Morgan fingerprint density at radius 3 is 2.37 bits per heavy atom. The van der Waals surface area contributed by atoms with Crippen LogP contribution >= 0.6 is 15.9 Å². The number of nitrogens with one attached hydrogen (secondary N) is 1. The first-order chi connectivity index (χ1) is 8.91. The van der Waals surface area contributed by atoms with Crippen LogP contribution in [0.1, 0.15) is 23.7 Å². The Balaban J connectivity index is 2.46. The Bertz CT molecular complexity index is 444. The molecule has 2 atom stereocenters. The van der Waals surface area contributed by atoms with Crippen molar-refractivity contribution in [2.45, 2.75) is 25.5 Å². The molecule has 104 valence electrons. The first-order valence-electron chi connectivity index (χ1n) is 5.85. The fraction of sp³-hybridized carbons (Fsp3) is 0.385. The first kappa shape index (κ1) is 15.8. The maximum atomic E-state index is 11.8. The van der Waals surface area contributed by atoms with Gasteiger partial charge in [-0.05, 0) is 19.1 Å². The van der Waals surface area contributed by atoms with Crippen LogP contribution in [0, 0.1) is 0 Å². The van der Waals surface area contributed by atoms with E-state index in [-0.39, 0.29) is 18.7 Å². The molecule has 3 N–H and O–H groups in total. The summed E-state index contributed by atoms with van der Waals surface area (Å²) in [5.74, 6) is -1.21. The molecule has 0 radical (unpaired) electrons. The van der Waals surface area contributed by atoms with Crippen LogP contribution < -0.4 is 5.32 Å². The van der Waals surface area contributed by atoms with E-state index < -0.39 is 18.1 Å². The molecule has 1 aromatic rings. The third kappa shape index (κ3) is 5.10. The number of aliphatic carboxylic acids is 1.